The molecule has 0 fully saturated rings. The summed E-state index contributed by atoms with van der Waals surface area (Å²) in [5, 5.41) is 0. The second-order valence-corrected chi connectivity index (χ2v) is 2.64. The monoisotopic (exact) mass is 169 g/mol. The van der Waals surface area contributed by atoms with Crippen LogP contribution in [0.1, 0.15) is 0 Å². The van der Waals surface area contributed by atoms with Gasteiger partial charge in [-0.25, -0.2) is 5.84 Å². The number of nitrogens with zero attached hydrogens (tertiary/aromatic N) is 2. The molecular weight excluding hydrogens is 154 g/mol. The molecule has 1 aliphatic rings. The second-order valence-electron chi connectivity index (χ2n) is 2.64. The average molecular weight is 169 g/mol. The first-order chi connectivity index (χ1) is 5.83. The molecule has 0 unspecified atom stereocenters. The maximum Gasteiger partial charge on any atom is 0.203 e. The van der Waals surface area contributed by atoms with Gasteiger partial charge >= 0.3 is 0 Å². The van der Waals surface area contributed by atoms with E-state index in [0.717, 1.165) is 19.6 Å². The summed E-state index contributed by atoms with van der Waals surface area (Å²) in [6.45, 7) is 3.66. The quantitative estimate of drug-likeness (QED) is 0.160. The van der Waals surface area contributed by atoms with Crippen LogP contribution in [0.4, 0.5) is 0 Å². The number of hydrogen-bond acceptors (Lipinski definition) is 3. The van der Waals surface area contributed by atoms with Crippen LogP contribution >= 0.6 is 0 Å². The van der Waals surface area contributed by atoms with Crippen LogP contribution in [-0.4, -0.2) is 37.0 Å². The van der Waals surface area contributed by atoms with Gasteiger partial charge in [-0.1, -0.05) is 12.2 Å². The zero-order chi connectivity index (χ0) is 8.81. The zero-order valence-electron chi connectivity index (χ0n) is 7.03. The highest BCUT2D eigenvalue weighted by Crippen LogP contribution is 1.96. The normalized spacial score (nSPS) is 18.6. The van der Waals surface area contributed by atoms with E-state index in [4.69, 9.17) is 11.6 Å². The smallest absolute Gasteiger partial charge is 0.203 e. The van der Waals surface area contributed by atoms with Crippen molar-refractivity contribution in [2.75, 3.05) is 26.2 Å². The van der Waals surface area contributed by atoms with Crippen LogP contribution in [0.3, 0.4) is 0 Å². The summed E-state index contributed by atoms with van der Waals surface area (Å²) in [6.07, 6.45) is 4.29. The van der Waals surface area contributed by atoms with E-state index in [-0.39, 0.29) is 0 Å². The van der Waals surface area contributed by atoms with Gasteiger partial charge in [-0.3, -0.25) is 15.3 Å². The third-order valence-corrected chi connectivity index (χ3v) is 1.74. The Hall–Kier alpha value is -1.07. The molecule has 0 aromatic heterocycles. The predicted octanol–water partition coefficient (Wildman–Crippen LogP) is -1.36. The third kappa shape index (κ3) is 2.89. The number of rotatable bonds is 3. The standard InChI is InChI=1S/C7H15N5/c8-7(11-9)10-3-6-12-4-1-2-5-12/h1-2H,3-6,9H2,(H3,8,10,11). The lowest BCUT2D eigenvalue weighted by molar-refractivity contribution is 0.363. The van der Waals surface area contributed by atoms with E-state index >= 15 is 0 Å². The van der Waals surface area contributed by atoms with Crippen LogP contribution in [0, 0.1) is 0 Å². The van der Waals surface area contributed by atoms with Gasteiger partial charge in [0, 0.05) is 19.6 Å². The first-order valence-corrected chi connectivity index (χ1v) is 3.97. The van der Waals surface area contributed by atoms with Crippen molar-refractivity contribution in [1.82, 2.24) is 10.3 Å². The SMILES string of the molecule is NNC(N)=NCCN1CC=CC1. The highest BCUT2D eigenvalue weighted by molar-refractivity contribution is 5.77. The maximum absolute atomic E-state index is 5.34. The predicted molar refractivity (Wildman–Crippen MR) is 49.4 cm³/mol. The van der Waals surface area contributed by atoms with E-state index in [2.05, 4.69) is 27.5 Å². The van der Waals surface area contributed by atoms with Gasteiger partial charge in [0.05, 0.1) is 6.54 Å². The van der Waals surface area contributed by atoms with Crippen LogP contribution in [0.15, 0.2) is 17.1 Å². The molecule has 5 nitrogen and oxygen atoms in total. The molecule has 0 atom stereocenters. The molecule has 1 rings (SSSR count). The number of hydrazine groups is 1. The van der Waals surface area contributed by atoms with Crippen molar-refractivity contribution in [3.8, 4) is 0 Å². The highest BCUT2D eigenvalue weighted by Gasteiger charge is 2.03. The summed E-state index contributed by atoms with van der Waals surface area (Å²) >= 11 is 0. The van der Waals surface area contributed by atoms with Gasteiger partial charge in [0.15, 0.2) is 0 Å². The van der Waals surface area contributed by atoms with Crippen molar-refractivity contribution in [2.45, 2.75) is 0 Å². The molecule has 5 N–H and O–H groups in total. The summed E-state index contributed by atoms with van der Waals surface area (Å²) in [4.78, 5) is 6.27. The van der Waals surface area contributed by atoms with Crippen molar-refractivity contribution in [3.05, 3.63) is 12.2 Å². The fraction of sp³-hybridized carbons (Fsp3) is 0.571. The van der Waals surface area contributed by atoms with Crippen molar-refractivity contribution >= 4 is 5.96 Å². The molecule has 12 heavy (non-hydrogen) atoms. The lowest BCUT2D eigenvalue weighted by Crippen LogP contribution is -2.37. The minimum atomic E-state index is 0.294. The molecule has 5 heteroatoms. The molecule has 68 valence electrons. The van der Waals surface area contributed by atoms with E-state index in [1.54, 1.807) is 0 Å². The number of nitrogens with one attached hydrogen (secondary N) is 1. The van der Waals surface area contributed by atoms with E-state index in [0.29, 0.717) is 12.5 Å². The van der Waals surface area contributed by atoms with Gasteiger partial charge in [0.2, 0.25) is 5.96 Å². The Bertz CT molecular complexity index is 178. The molecular formula is C7H15N5. The van der Waals surface area contributed by atoms with Crippen LogP contribution in [-0.2, 0) is 0 Å². The molecule has 1 aliphatic heterocycles. The minimum absolute atomic E-state index is 0.294. The molecule has 1 heterocycles. The lowest BCUT2D eigenvalue weighted by Gasteiger charge is -2.12. The van der Waals surface area contributed by atoms with E-state index in [1.807, 2.05) is 0 Å². The molecule has 0 aromatic carbocycles. The summed E-state index contributed by atoms with van der Waals surface area (Å²) in [5.41, 5.74) is 7.62. The topological polar surface area (TPSA) is 79.7 Å². The summed E-state index contributed by atoms with van der Waals surface area (Å²) < 4.78 is 0. The van der Waals surface area contributed by atoms with E-state index < -0.39 is 0 Å². The Balaban J connectivity index is 2.09. The van der Waals surface area contributed by atoms with Crippen molar-refractivity contribution in [2.24, 2.45) is 16.6 Å². The largest absolute Gasteiger partial charge is 0.369 e. The van der Waals surface area contributed by atoms with Crippen molar-refractivity contribution in [1.29, 1.82) is 0 Å². The molecule has 0 bridgehead atoms. The molecule has 0 spiro atoms. The highest BCUT2D eigenvalue weighted by atomic mass is 15.3. The molecule has 0 amide bonds. The summed E-state index contributed by atoms with van der Waals surface area (Å²) in [5.74, 6) is 5.33. The van der Waals surface area contributed by atoms with Crippen LogP contribution in [0.5, 0.6) is 0 Å². The number of nitrogens with two attached hydrogens (primary N) is 2. The molecule has 0 aliphatic carbocycles. The first-order valence-electron chi connectivity index (χ1n) is 3.97. The second kappa shape index (κ2) is 4.74. The fourth-order valence-corrected chi connectivity index (χ4v) is 1.06. The van der Waals surface area contributed by atoms with Crippen LogP contribution in [0.25, 0.3) is 0 Å². The Morgan fingerprint density at radius 1 is 1.50 bits per heavy atom. The van der Waals surface area contributed by atoms with Gasteiger partial charge in [-0.15, -0.1) is 0 Å². The van der Waals surface area contributed by atoms with Gasteiger partial charge in [0.1, 0.15) is 0 Å². The Morgan fingerprint density at radius 3 is 2.75 bits per heavy atom. The van der Waals surface area contributed by atoms with Crippen molar-refractivity contribution < 1.29 is 0 Å². The van der Waals surface area contributed by atoms with Crippen LogP contribution in [0.2, 0.25) is 0 Å². The van der Waals surface area contributed by atoms with Crippen molar-refractivity contribution in [3.63, 3.8) is 0 Å². The Labute approximate surface area is 72.1 Å². The van der Waals surface area contributed by atoms with Gasteiger partial charge < -0.3 is 5.73 Å². The summed E-state index contributed by atoms with van der Waals surface area (Å²) in [6, 6.07) is 0. The zero-order valence-corrected chi connectivity index (χ0v) is 7.03. The molecule has 0 radical (unpaired) electrons. The van der Waals surface area contributed by atoms with Crippen LogP contribution < -0.4 is 17.0 Å². The lowest BCUT2D eigenvalue weighted by atomic mass is 10.5. The fourth-order valence-electron chi connectivity index (χ4n) is 1.06. The Morgan fingerprint density at radius 2 is 2.17 bits per heavy atom. The van der Waals surface area contributed by atoms with Gasteiger partial charge in [-0.05, 0) is 0 Å². The number of hydrogen-bond donors (Lipinski definition) is 3. The number of aliphatic imine (C=N–C) groups is 1. The van der Waals surface area contributed by atoms with Gasteiger partial charge in [0.25, 0.3) is 0 Å². The first kappa shape index (κ1) is 9.02. The van der Waals surface area contributed by atoms with Gasteiger partial charge in [-0.2, -0.15) is 0 Å². The molecule has 0 saturated carbocycles. The maximum atomic E-state index is 5.34. The Kier molecular flexibility index (Phi) is 3.56. The number of guanidine groups is 1. The average Bonchev–Trinajstić information content (AvgIpc) is 2.57. The summed E-state index contributed by atoms with van der Waals surface area (Å²) in [7, 11) is 0. The molecule has 0 saturated heterocycles. The molecule has 0 aromatic rings. The van der Waals surface area contributed by atoms with E-state index in [1.165, 1.54) is 0 Å². The third-order valence-electron chi connectivity index (χ3n) is 1.74. The minimum Gasteiger partial charge on any atom is -0.369 e. The van der Waals surface area contributed by atoms with E-state index in [9.17, 15) is 0 Å².